The molecule has 0 aliphatic heterocycles. The minimum atomic E-state index is -0.853. The van der Waals surface area contributed by atoms with E-state index in [4.69, 9.17) is 16.0 Å². The normalized spacial score (nSPS) is 27.2. The number of nitrogens with zero attached hydrogens (tertiary/aromatic N) is 2. The van der Waals surface area contributed by atoms with Gasteiger partial charge in [0.05, 0.1) is 0 Å². The zero-order valence-corrected chi connectivity index (χ0v) is 12.0. The molecular weight excluding hydrogens is 246 g/mol. The molecule has 1 amide bonds. The third-order valence-electron chi connectivity index (χ3n) is 3.84. The fourth-order valence-corrected chi connectivity index (χ4v) is 2.83. The molecule has 1 aliphatic carbocycles. The molecule has 110 valence electrons. The molecule has 6 heteroatoms. The molecule has 1 saturated carbocycles. The highest BCUT2D eigenvalue weighted by atomic mass is 16.4. The summed E-state index contributed by atoms with van der Waals surface area (Å²) < 4.78 is 0. The molecule has 0 aromatic rings. The Morgan fingerprint density at radius 1 is 1.53 bits per heavy atom. The summed E-state index contributed by atoms with van der Waals surface area (Å²) in [6, 6.07) is 0.0262. The number of carbonyl (C=O) groups excluding carboxylic acids is 1. The predicted molar refractivity (Wildman–Crippen MR) is 72.8 cm³/mol. The Morgan fingerprint density at radius 3 is 2.47 bits per heavy atom. The van der Waals surface area contributed by atoms with Gasteiger partial charge in [0.2, 0.25) is 5.91 Å². The van der Waals surface area contributed by atoms with Crippen molar-refractivity contribution in [2.24, 2.45) is 22.2 Å². The number of hydrogen-bond donors (Lipinski definition) is 3. The van der Waals surface area contributed by atoms with Gasteiger partial charge in [0, 0.05) is 19.2 Å². The number of amidine groups is 1. The number of carbonyl (C=O) groups is 1. The Kier molecular flexibility index (Phi) is 5.17. The van der Waals surface area contributed by atoms with Crippen LogP contribution in [-0.2, 0) is 4.79 Å². The number of amides is 1. The standard InChI is InChI=1S/C13H25N3O3/c1-9(2)16(5-4-6-17)12(18)13(11(14)15-19)7-10(3)8-13/h9-10,17,19H,4-8H2,1-3H3,(H2,14,15). The van der Waals surface area contributed by atoms with Crippen LogP contribution in [0.1, 0.15) is 40.0 Å². The second-order valence-electron chi connectivity index (χ2n) is 5.75. The van der Waals surface area contributed by atoms with E-state index in [1.165, 1.54) is 0 Å². The van der Waals surface area contributed by atoms with Crippen LogP contribution in [0.2, 0.25) is 0 Å². The average molecular weight is 271 g/mol. The quantitative estimate of drug-likeness (QED) is 0.287. The van der Waals surface area contributed by atoms with Crippen LogP contribution in [0.4, 0.5) is 0 Å². The smallest absolute Gasteiger partial charge is 0.236 e. The second kappa shape index (κ2) is 6.23. The molecule has 0 spiro atoms. The van der Waals surface area contributed by atoms with Gasteiger partial charge in [-0.3, -0.25) is 4.79 Å². The number of oxime groups is 1. The third kappa shape index (κ3) is 3.00. The van der Waals surface area contributed by atoms with Crippen LogP contribution in [0.15, 0.2) is 5.16 Å². The van der Waals surface area contributed by atoms with E-state index in [0.29, 0.717) is 31.7 Å². The third-order valence-corrected chi connectivity index (χ3v) is 3.84. The highest BCUT2D eigenvalue weighted by Gasteiger charge is 2.53. The summed E-state index contributed by atoms with van der Waals surface area (Å²) in [5, 5.41) is 20.9. The predicted octanol–water partition coefficient (Wildman–Crippen LogP) is 0.769. The van der Waals surface area contributed by atoms with Gasteiger partial charge in [0.25, 0.3) is 0 Å². The van der Waals surface area contributed by atoms with Crippen LogP contribution in [0, 0.1) is 11.3 Å². The van der Waals surface area contributed by atoms with Gasteiger partial charge in [-0.2, -0.15) is 0 Å². The molecular formula is C13H25N3O3. The van der Waals surface area contributed by atoms with Crippen LogP contribution in [-0.4, -0.2) is 46.1 Å². The summed E-state index contributed by atoms with van der Waals surface area (Å²) in [6.45, 7) is 6.43. The Hall–Kier alpha value is -1.30. The molecule has 0 atom stereocenters. The van der Waals surface area contributed by atoms with Crippen molar-refractivity contribution < 1.29 is 15.1 Å². The monoisotopic (exact) mass is 271 g/mol. The van der Waals surface area contributed by atoms with Crippen molar-refractivity contribution in [3.8, 4) is 0 Å². The van der Waals surface area contributed by atoms with E-state index in [2.05, 4.69) is 5.16 Å². The van der Waals surface area contributed by atoms with Crippen LogP contribution in [0.3, 0.4) is 0 Å². The van der Waals surface area contributed by atoms with Crippen molar-refractivity contribution in [3.05, 3.63) is 0 Å². The van der Waals surface area contributed by atoms with Crippen LogP contribution in [0.25, 0.3) is 0 Å². The lowest BCUT2D eigenvalue weighted by molar-refractivity contribution is -0.146. The highest BCUT2D eigenvalue weighted by Crippen LogP contribution is 2.47. The Bertz CT molecular complexity index is 349. The molecule has 1 rings (SSSR count). The molecule has 0 unspecified atom stereocenters. The first kappa shape index (κ1) is 15.8. The van der Waals surface area contributed by atoms with E-state index in [9.17, 15) is 4.79 Å². The summed E-state index contributed by atoms with van der Waals surface area (Å²) in [5.41, 5.74) is 4.89. The number of aliphatic hydroxyl groups excluding tert-OH is 1. The van der Waals surface area contributed by atoms with Gasteiger partial charge >= 0.3 is 0 Å². The summed E-state index contributed by atoms with van der Waals surface area (Å²) in [7, 11) is 0. The molecule has 6 nitrogen and oxygen atoms in total. The number of rotatable bonds is 6. The van der Waals surface area contributed by atoms with Gasteiger partial charge in [-0.1, -0.05) is 12.1 Å². The van der Waals surface area contributed by atoms with Crippen LogP contribution < -0.4 is 5.73 Å². The lowest BCUT2D eigenvalue weighted by Gasteiger charge is -2.47. The lowest BCUT2D eigenvalue weighted by Crippen LogP contribution is -2.59. The van der Waals surface area contributed by atoms with Crippen molar-refractivity contribution in [2.45, 2.75) is 46.1 Å². The first-order chi connectivity index (χ1) is 8.89. The molecule has 1 fully saturated rings. The van der Waals surface area contributed by atoms with Crippen LogP contribution in [0.5, 0.6) is 0 Å². The molecule has 4 N–H and O–H groups in total. The molecule has 0 saturated heterocycles. The number of hydrogen-bond acceptors (Lipinski definition) is 4. The SMILES string of the molecule is CC1CC(C(=O)N(CCCO)C(C)C)(C(N)=NO)C1. The first-order valence-corrected chi connectivity index (χ1v) is 6.79. The molecule has 0 aromatic heterocycles. The van der Waals surface area contributed by atoms with Gasteiger partial charge < -0.3 is 20.9 Å². The van der Waals surface area contributed by atoms with Crippen LogP contribution >= 0.6 is 0 Å². The summed E-state index contributed by atoms with van der Waals surface area (Å²) in [5.74, 6) is 0.311. The summed E-state index contributed by atoms with van der Waals surface area (Å²) >= 11 is 0. The summed E-state index contributed by atoms with van der Waals surface area (Å²) in [4.78, 5) is 14.4. The second-order valence-corrected chi connectivity index (χ2v) is 5.75. The van der Waals surface area contributed by atoms with Gasteiger partial charge in [-0.25, -0.2) is 0 Å². The molecule has 0 heterocycles. The van der Waals surface area contributed by atoms with Gasteiger partial charge in [0.1, 0.15) is 5.41 Å². The van der Waals surface area contributed by atoms with Gasteiger partial charge in [-0.05, 0) is 39.0 Å². The van der Waals surface area contributed by atoms with Crippen molar-refractivity contribution in [1.29, 1.82) is 0 Å². The fraction of sp³-hybridized carbons (Fsp3) is 0.846. The largest absolute Gasteiger partial charge is 0.409 e. The van der Waals surface area contributed by atoms with Gasteiger partial charge in [0.15, 0.2) is 5.84 Å². The zero-order valence-electron chi connectivity index (χ0n) is 12.0. The zero-order chi connectivity index (χ0) is 14.6. The Balaban J connectivity index is 2.92. The molecule has 0 radical (unpaired) electrons. The number of aliphatic hydroxyl groups is 1. The van der Waals surface area contributed by atoms with E-state index in [-0.39, 0.29) is 24.4 Å². The van der Waals surface area contributed by atoms with Crippen molar-refractivity contribution in [3.63, 3.8) is 0 Å². The molecule has 0 bridgehead atoms. The maximum absolute atomic E-state index is 12.7. The average Bonchev–Trinajstić information content (AvgIpc) is 2.33. The first-order valence-electron chi connectivity index (χ1n) is 6.79. The van der Waals surface area contributed by atoms with E-state index in [1.54, 1.807) is 4.90 Å². The van der Waals surface area contributed by atoms with E-state index in [1.807, 2.05) is 20.8 Å². The van der Waals surface area contributed by atoms with Crippen molar-refractivity contribution >= 4 is 11.7 Å². The Labute approximate surface area is 114 Å². The van der Waals surface area contributed by atoms with E-state index < -0.39 is 5.41 Å². The summed E-state index contributed by atoms with van der Waals surface area (Å²) in [6.07, 6.45) is 1.76. The number of nitrogens with two attached hydrogens (primary N) is 1. The molecule has 19 heavy (non-hydrogen) atoms. The Morgan fingerprint density at radius 2 is 2.11 bits per heavy atom. The maximum atomic E-state index is 12.7. The van der Waals surface area contributed by atoms with Crippen molar-refractivity contribution in [1.82, 2.24) is 4.90 Å². The van der Waals surface area contributed by atoms with Gasteiger partial charge in [-0.15, -0.1) is 0 Å². The lowest BCUT2D eigenvalue weighted by atomic mass is 9.61. The van der Waals surface area contributed by atoms with E-state index >= 15 is 0 Å². The molecule has 0 aromatic carbocycles. The van der Waals surface area contributed by atoms with E-state index in [0.717, 1.165) is 0 Å². The van der Waals surface area contributed by atoms with Crippen molar-refractivity contribution in [2.75, 3.05) is 13.2 Å². The topological polar surface area (TPSA) is 99.2 Å². The minimum absolute atomic E-state index is 0.00486. The molecule has 1 aliphatic rings. The fourth-order valence-electron chi connectivity index (χ4n) is 2.83. The maximum Gasteiger partial charge on any atom is 0.236 e. The minimum Gasteiger partial charge on any atom is -0.409 e. The highest BCUT2D eigenvalue weighted by molar-refractivity contribution is 6.07.